The van der Waals surface area contributed by atoms with Crippen molar-refractivity contribution in [2.75, 3.05) is 0 Å². The fraction of sp³-hybridized carbons (Fsp3) is 0. The summed E-state index contributed by atoms with van der Waals surface area (Å²) in [5.41, 5.74) is 0.628. The minimum Gasteiger partial charge on any atom is -0.259 e. The average molecular weight is 289 g/mol. The maximum Gasteiger partial charge on any atom is 0.143 e. The van der Waals surface area contributed by atoms with Crippen LogP contribution in [-0.2, 0) is 0 Å². The van der Waals surface area contributed by atoms with Crippen LogP contribution in [0.2, 0.25) is 0 Å². The van der Waals surface area contributed by atoms with Gasteiger partial charge in [0, 0.05) is 12.3 Å². The molecule has 0 aromatic carbocycles. The Labute approximate surface area is 87.7 Å². The van der Waals surface area contributed by atoms with Gasteiger partial charge in [-0.05, 0) is 28.7 Å². The molecule has 2 heterocycles. The molecule has 66 valence electrons. The van der Waals surface area contributed by atoms with Gasteiger partial charge in [-0.15, -0.1) is 0 Å². The largest absolute Gasteiger partial charge is 0.259 e. The molecule has 13 heavy (non-hydrogen) atoms. The predicted octanol–water partition coefficient (Wildman–Crippen LogP) is 2.01. The van der Waals surface area contributed by atoms with Gasteiger partial charge >= 0.3 is 0 Å². The fourth-order valence-electron chi connectivity index (χ4n) is 0.971. The van der Waals surface area contributed by atoms with Crippen LogP contribution in [0.3, 0.4) is 0 Å². The Bertz CT molecular complexity index is 427. The lowest BCUT2D eigenvalue weighted by atomic mass is 10.4. The van der Waals surface area contributed by atoms with Crippen LogP contribution in [0.4, 0.5) is 4.39 Å². The zero-order valence-corrected chi connectivity index (χ0v) is 8.64. The molecule has 0 aliphatic carbocycles. The summed E-state index contributed by atoms with van der Waals surface area (Å²) in [6.07, 6.45) is 4.49. The topological polar surface area (TPSA) is 30.7 Å². The van der Waals surface area contributed by atoms with Gasteiger partial charge in [0.25, 0.3) is 0 Å². The summed E-state index contributed by atoms with van der Waals surface area (Å²) in [5, 5.41) is 4.12. The molecule has 0 amide bonds. The number of pyridine rings is 1. The molecule has 5 heteroatoms. The van der Waals surface area contributed by atoms with Crippen molar-refractivity contribution >= 4 is 22.6 Å². The molecule has 0 aliphatic rings. The Hall–Kier alpha value is -0.980. The standard InChI is InChI=1S/C8H5FIN3/c9-6-3-7(5-11-4-6)13-2-1-8(10)12-13/h1-5H. The van der Waals surface area contributed by atoms with Crippen molar-refractivity contribution in [2.24, 2.45) is 0 Å². The van der Waals surface area contributed by atoms with Crippen molar-refractivity contribution in [3.8, 4) is 5.69 Å². The second-order valence-electron chi connectivity index (χ2n) is 2.44. The van der Waals surface area contributed by atoms with Crippen LogP contribution in [0.25, 0.3) is 5.69 Å². The first kappa shape index (κ1) is 8.61. The number of nitrogens with zero attached hydrogens (tertiary/aromatic N) is 3. The van der Waals surface area contributed by atoms with E-state index >= 15 is 0 Å². The lowest BCUT2D eigenvalue weighted by molar-refractivity contribution is 0.618. The molecule has 2 aromatic heterocycles. The second-order valence-corrected chi connectivity index (χ2v) is 3.55. The van der Waals surface area contributed by atoms with E-state index in [-0.39, 0.29) is 5.82 Å². The van der Waals surface area contributed by atoms with E-state index in [9.17, 15) is 4.39 Å². The third kappa shape index (κ3) is 1.85. The van der Waals surface area contributed by atoms with Gasteiger partial charge in [0.15, 0.2) is 0 Å². The first-order valence-electron chi connectivity index (χ1n) is 3.58. The van der Waals surface area contributed by atoms with Crippen molar-refractivity contribution in [3.63, 3.8) is 0 Å². The summed E-state index contributed by atoms with van der Waals surface area (Å²) in [7, 11) is 0. The van der Waals surface area contributed by atoms with Crippen LogP contribution in [0.1, 0.15) is 0 Å². The first-order chi connectivity index (χ1) is 6.25. The quantitative estimate of drug-likeness (QED) is 0.752. The maximum atomic E-state index is 12.8. The molecule has 3 nitrogen and oxygen atoms in total. The van der Waals surface area contributed by atoms with Crippen LogP contribution in [0, 0.1) is 9.52 Å². The molecule has 2 rings (SSSR count). The third-order valence-electron chi connectivity index (χ3n) is 1.51. The summed E-state index contributed by atoms with van der Waals surface area (Å²) in [6, 6.07) is 3.22. The van der Waals surface area contributed by atoms with E-state index in [0.717, 1.165) is 9.90 Å². The highest BCUT2D eigenvalue weighted by Crippen LogP contribution is 2.08. The Balaban J connectivity index is 2.46. The highest BCUT2D eigenvalue weighted by Gasteiger charge is 1.99. The molecular weight excluding hydrogens is 284 g/mol. The zero-order chi connectivity index (χ0) is 9.26. The minimum atomic E-state index is -0.358. The van der Waals surface area contributed by atoms with Gasteiger partial charge < -0.3 is 0 Å². The summed E-state index contributed by atoms with van der Waals surface area (Å²) in [6.45, 7) is 0. The van der Waals surface area contributed by atoms with Gasteiger partial charge in [-0.2, -0.15) is 5.10 Å². The number of rotatable bonds is 1. The fourth-order valence-corrected chi connectivity index (χ4v) is 1.36. The summed E-state index contributed by atoms with van der Waals surface area (Å²) in [5.74, 6) is -0.358. The lowest BCUT2D eigenvalue weighted by Gasteiger charge is -1.98. The van der Waals surface area contributed by atoms with Crippen molar-refractivity contribution in [2.45, 2.75) is 0 Å². The van der Waals surface area contributed by atoms with Gasteiger partial charge in [0.2, 0.25) is 0 Å². The van der Waals surface area contributed by atoms with Gasteiger partial charge in [-0.3, -0.25) is 4.98 Å². The Morgan fingerprint density at radius 1 is 1.38 bits per heavy atom. The Morgan fingerprint density at radius 3 is 2.85 bits per heavy atom. The van der Waals surface area contributed by atoms with Gasteiger partial charge in [0.05, 0.1) is 18.1 Å². The van der Waals surface area contributed by atoms with Crippen molar-refractivity contribution in [3.05, 3.63) is 40.2 Å². The lowest BCUT2D eigenvalue weighted by Crippen LogP contribution is -1.96. The van der Waals surface area contributed by atoms with E-state index in [4.69, 9.17) is 0 Å². The summed E-state index contributed by atoms with van der Waals surface area (Å²) >= 11 is 2.09. The number of aromatic nitrogens is 3. The molecule has 0 unspecified atom stereocenters. The van der Waals surface area contributed by atoms with E-state index in [1.165, 1.54) is 6.07 Å². The monoisotopic (exact) mass is 289 g/mol. The molecule has 0 spiro atoms. The number of hydrogen-bond donors (Lipinski definition) is 0. The third-order valence-corrected chi connectivity index (χ3v) is 2.09. The van der Waals surface area contributed by atoms with Crippen molar-refractivity contribution in [1.29, 1.82) is 0 Å². The smallest absolute Gasteiger partial charge is 0.143 e. The van der Waals surface area contributed by atoms with Crippen LogP contribution in [0.15, 0.2) is 30.7 Å². The molecule has 0 atom stereocenters. The highest BCUT2D eigenvalue weighted by atomic mass is 127. The number of hydrogen-bond acceptors (Lipinski definition) is 2. The predicted molar refractivity (Wildman–Crippen MR) is 54.0 cm³/mol. The van der Waals surface area contributed by atoms with Crippen molar-refractivity contribution < 1.29 is 4.39 Å². The molecule has 0 aliphatic heterocycles. The van der Waals surface area contributed by atoms with Crippen molar-refractivity contribution in [1.82, 2.24) is 14.8 Å². The average Bonchev–Trinajstić information content (AvgIpc) is 2.52. The molecule has 2 aromatic rings. The van der Waals surface area contributed by atoms with Crippen LogP contribution < -0.4 is 0 Å². The minimum absolute atomic E-state index is 0.358. The summed E-state index contributed by atoms with van der Waals surface area (Å²) in [4.78, 5) is 3.73. The molecular formula is C8H5FIN3. The SMILES string of the molecule is Fc1cncc(-n2ccc(I)n2)c1. The van der Waals surface area contributed by atoms with E-state index in [1.807, 2.05) is 6.07 Å². The Kier molecular flexibility index (Phi) is 2.26. The van der Waals surface area contributed by atoms with E-state index in [2.05, 4.69) is 32.7 Å². The maximum absolute atomic E-state index is 12.8. The molecule has 0 saturated carbocycles. The van der Waals surface area contributed by atoms with E-state index < -0.39 is 0 Å². The van der Waals surface area contributed by atoms with Gasteiger partial charge in [-0.1, -0.05) is 0 Å². The molecule has 0 radical (unpaired) electrons. The van der Waals surface area contributed by atoms with E-state index in [1.54, 1.807) is 17.1 Å². The van der Waals surface area contributed by atoms with Crippen LogP contribution in [-0.4, -0.2) is 14.8 Å². The zero-order valence-electron chi connectivity index (χ0n) is 6.48. The number of halogens is 2. The highest BCUT2D eigenvalue weighted by molar-refractivity contribution is 14.1. The Morgan fingerprint density at radius 2 is 2.23 bits per heavy atom. The molecule has 0 N–H and O–H groups in total. The van der Waals surface area contributed by atoms with Gasteiger partial charge in [-0.25, -0.2) is 9.07 Å². The van der Waals surface area contributed by atoms with Crippen LogP contribution >= 0.6 is 22.6 Å². The normalized spacial score (nSPS) is 10.3. The summed E-state index contributed by atoms with van der Waals surface area (Å²) < 4.78 is 15.2. The molecule has 0 saturated heterocycles. The second kappa shape index (κ2) is 3.41. The molecule has 0 bridgehead atoms. The first-order valence-corrected chi connectivity index (χ1v) is 4.66. The van der Waals surface area contributed by atoms with Gasteiger partial charge in [0.1, 0.15) is 9.52 Å². The molecule has 0 fully saturated rings. The van der Waals surface area contributed by atoms with Crippen LogP contribution in [0.5, 0.6) is 0 Å². The van der Waals surface area contributed by atoms with E-state index in [0.29, 0.717) is 5.69 Å².